The van der Waals surface area contributed by atoms with Crippen molar-refractivity contribution in [3.05, 3.63) is 89.5 Å². The molecule has 0 saturated heterocycles. The van der Waals surface area contributed by atoms with Crippen molar-refractivity contribution in [2.45, 2.75) is 12.5 Å². The SMILES string of the molecule is Fc1cccc(F)c1-c1nc(N/N=C\c2ccc(OC(F)(F)F)cc2)nc(Nc2cccc(C(F)(F)F)c2)n1. The van der Waals surface area contributed by atoms with E-state index in [4.69, 9.17) is 0 Å². The van der Waals surface area contributed by atoms with Crippen LogP contribution in [0.5, 0.6) is 5.75 Å². The van der Waals surface area contributed by atoms with E-state index in [1.807, 2.05) is 0 Å². The maximum Gasteiger partial charge on any atom is 0.573 e. The van der Waals surface area contributed by atoms with Gasteiger partial charge in [-0.15, -0.1) is 13.2 Å². The second-order valence-corrected chi connectivity index (χ2v) is 7.59. The topological polar surface area (TPSA) is 84.3 Å². The lowest BCUT2D eigenvalue weighted by molar-refractivity contribution is -0.274. The lowest BCUT2D eigenvalue weighted by Crippen LogP contribution is -2.17. The molecule has 2 N–H and O–H groups in total. The molecule has 3 aromatic carbocycles. The van der Waals surface area contributed by atoms with Gasteiger partial charge >= 0.3 is 12.5 Å². The normalized spacial score (nSPS) is 12.0. The van der Waals surface area contributed by atoms with Gasteiger partial charge in [-0.05, 0) is 60.2 Å². The predicted molar refractivity (Wildman–Crippen MR) is 124 cm³/mol. The van der Waals surface area contributed by atoms with Gasteiger partial charge in [0.1, 0.15) is 17.4 Å². The minimum absolute atomic E-state index is 0.0772. The van der Waals surface area contributed by atoms with E-state index < -0.39 is 46.9 Å². The Kier molecular flexibility index (Phi) is 7.60. The first-order chi connectivity index (χ1) is 18.4. The standard InChI is InChI=1S/C24H14F8N6O/c25-17-5-2-6-18(26)19(17)20-35-21(34-15-4-1-3-14(11-15)23(27,28)29)37-22(36-20)38-33-12-13-7-9-16(10-8-13)39-24(30,31)32/h1-12H,(H2,34,35,36,37,38)/b33-12-. The number of benzene rings is 3. The number of hydrogen-bond donors (Lipinski definition) is 2. The van der Waals surface area contributed by atoms with Crippen LogP contribution in [-0.2, 0) is 6.18 Å². The molecule has 1 heterocycles. The van der Waals surface area contributed by atoms with Gasteiger partial charge < -0.3 is 10.1 Å². The maximum absolute atomic E-state index is 14.4. The molecule has 7 nitrogen and oxygen atoms in total. The Balaban J connectivity index is 1.63. The molecule has 0 aliphatic rings. The van der Waals surface area contributed by atoms with Crippen LogP contribution in [0, 0.1) is 11.6 Å². The Morgan fingerprint density at radius 1 is 0.769 bits per heavy atom. The average Bonchev–Trinajstić information content (AvgIpc) is 2.84. The van der Waals surface area contributed by atoms with Gasteiger partial charge in [0, 0.05) is 5.69 Å². The van der Waals surface area contributed by atoms with Crippen LogP contribution in [0.1, 0.15) is 11.1 Å². The number of alkyl halides is 6. The summed E-state index contributed by atoms with van der Waals surface area (Å²) in [5, 5.41) is 6.37. The summed E-state index contributed by atoms with van der Waals surface area (Å²) in [6.07, 6.45) is -8.31. The summed E-state index contributed by atoms with van der Waals surface area (Å²) >= 11 is 0. The molecule has 0 unspecified atom stereocenters. The molecule has 0 saturated carbocycles. The fraction of sp³-hybridized carbons (Fsp3) is 0.0833. The molecule has 15 heteroatoms. The summed E-state index contributed by atoms with van der Waals surface area (Å²) < 4.78 is 109. The van der Waals surface area contributed by atoms with Crippen LogP contribution >= 0.6 is 0 Å². The van der Waals surface area contributed by atoms with Gasteiger partial charge in [0.05, 0.1) is 17.3 Å². The highest BCUT2D eigenvalue weighted by atomic mass is 19.4. The molecule has 202 valence electrons. The van der Waals surface area contributed by atoms with Gasteiger partial charge in [0.2, 0.25) is 11.9 Å². The van der Waals surface area contributed by atoms with E-state index in [9.17, 15) is 35.1 Å². The number of ether oxygens (including phenoxy) is 1. The van der Waals surface area contributed by atoms with Crippen LogP contribution < -0.4 is 15.5 Å². The van der Waals surface area contributed by atoms with Crippen LogP contribution in [-0.4, -0.2) is 27.5 Å². The Bertz CT molecular complexity index is 1470. The summed E-state index contributed by atoms with van der Waals surface area (Å²) in [5.74, 6) is -3.70. The number of anilines is 3. The van der Waals surface area contributed by atoms with Crippen molar-refractivity contribution < 1.29 is 39.9 Å². The molecule has 0 fully saturated rings. The van der Waals surface area contributed by atoms with Crippen LogP contribution in [0.2, 0.25) is 0 Å². The summed E-state index contributed by atoms with van der Waals surface area (Å²) in [6, 6.07) is 11.7. The average molecular weight is 554 g/mol. The Morgan fingerprint density at radius 2 is 1.41 bits per heavy atom. The number of aromatic nitrogens is 3. The highest BCUT2D eigenvalue weighted by Crippen LogP contribution is 2.32. The van der Waals surface area contributed by atoms with Crippen molar-refractivity contribution in [3.63, 3.8) is 0 Å². The van der Waals surface area contributed by atoms with Crippen LogP contribution in [0.3, 0.4) is 0 Å². The van der Waals surface area contributed by atoms with Crippen LogP contribution in [0.25, 0.3) is 11.4 Å². The molecular weight excluding hydrogens is 540 g/mol. The minimum atomic E-state index is -4.86. The summed E-state index contributed by atoms with van der Waals surface area (Å²) in [5.41, 5.74) is 1.05. The highest BCUT2D eigenvalue weighted by Gasteiger charge is 2.31. The number of nitrogens with one attached hydrogen (secondary N) is 2. The zero-order valence-corrected chi connectivity index (χ0v) is 19.1. The van der Waals surface area contributed by atoms with Gasteiger partial charge in [-0.1, -0.05) is 12.1 Å². The summed E-state index contributed by atoms with van der Waals surface area (Å²) in [7, 11) is 0. The molecule has 0 aliphatic heterocycles. The van der Waals surface area contributed by atoms with Crippen molar-refractivity contribution in [2.75, 3.05) is 10.7 Å². The Morgan fingerprint density at radius 3 is 2.05 bits per heavy atom. The maximum atomic E-state index is 14.4. The van der Waals surface area contributed by atoms with Crippen LogP contribution in [0.15, 0.2) is 71.8 Å². The lowest BCUT2D eigenvalue weighted by Gasteiger charge is -2.12. The van der Waals surface area contributed by atoms with E-state index in [-0.39, 0.29) is 17.6 Å². The molecule has 4 aromatic rings. The van der Waals surface area contributed by atoms with Gasteiger partial charge in [-0.25, -0.2) is 14.2 Å². The molecular formula is C24H14F8N6O. The molecule has 0 aliphatic carbocycles. The first-order valence-electron chi connectivity index (χ1n) is 10.7. The van der Waals surface area contributed by atoms with E-state index in [2.05, 4.69) is 35.5 Å². The van der Waals surface area contributed by atoms with E-state index in [1.165, 1.54) is 24.4 Å². The van der Waals surface area contributed by atoms with Crippen molar-refractivity contribution >= 4 is 23.8 Å². The van der Waals surface area contributed by atoms with Crippen LogP contribution in [0.4, 0.5) is 52.7 Å². The van der Waals surface area contributed by atoms with Gasteiger partial charge in [-0.3, -0.25) is 0 Å². The molecule has 4 rings (SSSR count). The Labute approximate surface area is 214 Å². The number of halogens is 8. The third-order valence-electron chi connectivity index (χ3n) is 4.76. The second-order valence-electron chi connectivity index (χ2n) is 7.59. The zero-order valence-electron chi connectivity index (χ0n) is 19.1. The van der Waals surface area contributed by atoms with E-state index in [1.54, 1.807) is 0 Å². The summed E-state index contributed by atoms with van der Waals surface area (Å²) in [4.78, 5) is 11.8. The van der Waals surface area contributed by atoms with E-state index >= 15 is 0 Å². The number of hydrazone groups is 1. The first-order valence-corrected chi connectivity index (χ1v) is 10.7. The molecule has 39 heavy (non-hydrogen) atoms. The monoisotopic (exact) mass is 554 g/mol. The number of rotatable bonds is 7. The first kappa shape index (κ1) is 27.2. The number of nitrogens with zero attached hydrogens (tertiary/aromatic N) is 4. The van der Waals surface area contributed by atoms with Crippen molar-refractivity contribution in [3.8, 4) is 17.1 Å². The van der Waals surface area contributed by atoms with Gasteiger partial charge in [-0.2, -0.15) is 33.2 Å². The zero-order chi connectivity index (χ0) is 28.2. The predicted octanol–water partition coefficient (Wildman–Crippen LogP) is 6.92. The van der Waals surface area contributed by atoms with E-state index in [0.717, 1.165) is 48.5 Å². The fourth-order valence-electron chi connectivity index (χ4n) is 3.13. The smallest absolute Gasteiger partial charge is 0.406 e. The third kappa shape index (κ3) is 7.37. The molecule has 0 radical (unpaired) electrons. The molecule has 0 bridgehead atoms. The largest absolute Gasteiger partial charge is 0.573 e. The Hall–Kier alpha value is -4.82. The quantitative estimate of drug-likeness (QED) is 0.147. The third-order valence-corrected chi connectivity index (χ3v) is 4.76. The molecule has 0 spiro atoms. The van der Waals surface area contributed by atoms with Crippen molar-refractivity contribution in [2.24, 2.45) is 5.10 Å². The lowest BCUT2D eigenvalue weighted by atomic mass is 10.2. The van der Waals surface area contributed by atoms with Crippen molar-refractivity contribution in [1.29, 1.82) is 0 Å². The molecule has 0 amide bonds. The van der Waals surface area contributed by atoms with Crippen molar-refractivity contribution in [1.82, 2.24) is 15.0 Å². The fourth-order valence-corrected chi connectivity index (χ4v) is 3.13. The molecule has 1 aromatic heterocycles. The van der Waals surface area contributed by atoms with Gasteiger partial charge in [0.25, 0.3) is 0 Å². The summed E-state index contributed by atoms with van der Waals surface area (Å²) in [6.45, 7) is 0. The second kappa shape index (κ2) is 10.9. The number of hydrogen-bond acceptors (Lipinski definition) is 7. The highest BCUT2D eigenvalue weighted by molar-refractivity contribution is 5.80. The molecule has 0 atom stereocenters. The van der Waals surface area contributed by atoms with E-state index in [0.29, 0.717) is 5.56 Å². The van der Waals surface area contributed by atoms with Gasteiger partial charge in [0.15, 0.2) is 5.82 Å². The minimum Gasteiger partial charge on any atom is -0.406 e.